The number of hydrogen-bond donors (Lipinski definition) is 1. The molecular weight excluding hydrogens is 260 g/mol. The van der Waals surface area contributed by atoms with E-state index < -0.39 is 21.5 Å². The van der Waals surface area contributed by atoms with Crippen molar-refractivity contribution >= 4 is 9.84 Å². The quantitative estimate of drug-likeness (QED) is 0.811. The summed E-state index contributed by atoms with van der Waals surface area (Å²) in [5.41, 5.74) is 5.68. The Labute approximate surface area is 106 Å². The Morgan fingerprint density at radius 3 is 2.50 bits per heavy atom. The second-order valence-corrected chi connectivity index (χ2v) is 6.31. The Morgan fingerprint density at radius 2 is 1.94 bits per heavy atom. The van der Waals surface area contributed by atoms with Crippen LogP contribution >= 0.6 is 0 Å². The first kappa shape index (κ1) is 15.0. The topological polar surface area (TPSA) is 60.2 Å². The molecule has 3 nitrogen and oxygen atoms in total. The molecule has 0 bridgehead atoms. The summed E-state index contributed by atoms with van der Waals surface area (Å²) in [6, 6.07) is 2.59. The van der Waals surface area contributed by atoms with E-state index in [1.54, 1.807) is 0 Å². The summed E-state index contributed by atoms with van der Waals surface area (Å²) in [4.78, 5) is -0.188. The average Bonchev–Trinajstić information content (AvgIpc) is 2.32. The van der Waals surface area contributed by atoms with Gasteiger partial charge in [-0.3, -0.25) is 0 Å². The van der Waals surface area contributed by atoms with Crippen LogP contribution in [0, 0.1) is 11.6 Å². The van der Waals surface area contributed by atoms with Crippen LogP contribution in [0.2, 0.25) is 0 Å². The molecule has 0 saturated carbocycles. The molecule has 0 aliphatic carbocycles. The highest BCUT2D eigenvalue weighted by molar-refractivity contribution is 7.91. The SMILES string of the molecule is CCC(N)CCCS(=O)(=O)c1ccc(F)c(F)c1. The lowest BCUT2D eigenvalue weighted by molar-refractivity contribution is 0.504. The Balaban J connectivity index is 2.71. The minimum atomic E-state index is -3.57. The number of sulfone groups is 1. The summed E-state index contributed by atoms with van der Waals surface area (Å²) in [6.07, 6.45) is 1.79. The molecule has 0 fully saturated rings. The Morgan fingerprint density at radius 1 is 1.28 bits per heavy atom. The maximum atomic E-state index is 13.0. The van der Waals surface area contributed by atoms with Crippen LogP contribution in [-0.4, -0.2) is 20.2 Å². The molecule has 2 N–H and O–H groups in total. The van der Waals surface area contributed by atoms with Gasteiger partial charge in [0.05, 0.1) is 10.6 Å². The molecule has 0 aliphatic rings. The van der Waals surface area contributed by atoms with Crippen LogP contribution in [0.15, 0.2) is 23.1 Å². The van der Waals surface area contributed by atoms with E-state index in [9.17, 15) is 17.2 Å². The molecular formula is C12H17F2NO2S. The van der Waals surface area contributed by atoms with Crippen LogP contribution in [0.25, 0.3) is 0 Å². The molecule has 1 rings (SSSR count). The lowest BCUT2D eigenvalue weighted by Crippen LogP contribution is -2.19. The molecule has 6 heteroatoms. The molecule has 0 radical (unpaired) electrons. The standard InChI is InChI=1S/C12H17F2NO2S/c1-2-9(15)4-3-7-18(16,17)10-5-6-11(13)12(14)8-10/h5-6,8-9H,2-4,7,15H2,1H3. The van der Waals surface area contributed by atoms with Gasteiger partial charge in [-0.2, -0.15) is 0 Å². The van der Waals surface area contributed by atoms with Gasteiger partial charge in [-0.05, 0) is 37.5 Å². The van der Waals surface area contributed by atoms with Gasteiger partial charge in [0.15, 0.2) is 21.5 Å². The maximum absolute atomic E-state index is 13.0. The molecule has 0 aliphatic heterocycles. The van der Waals surface area contributed by atoms with Gasteiger partial charge < -0.3 is 5.73 Å². The first-order chi connectivity index (χ1) is 8.36. The van der Waals surface area contributed by atoms with E-state index in [0.29, 0.717) is 18.9 Å². The largest absolute Gasteiger partial charge is 0.328 e. The average molecular weight is 277 g/mol. The Kier molecular flexibility index (Phi) is 5.22. The molecule has 102 valence electrons. The van der Waals surface area contributed by atoms with Crippen molar-refractivity contribution in [3.63, 3.8) is 0 Å². The summed E-state index contributed by atoms with van der Waals surface area (Å²) < 4.78 is 49.3. The molecule has 0 spiro atoms. The minimum absolute atomic E-state index is 0.0230. The van der Waals surface area contributed by atoms with E-state index in [4.69, 9.17) is 5.73 Å². The van der Waals surface area contributed by atoms with E-state index in [-0.39, 0.29) is 16.7 Å². The van der Waals surface area contributed by atoms with Crippen molar-refractivity contribution in [1.82, 2.24) is 0 Å². The van der Waals surface area contributed by atoms with Crippen molar-refractivity contribution < 1.29 is 17.2 Å². The van der Waals surface area contributed by atoms with Crippen LogP contribution in [0.5, 0.6) is 0 Å². The number of nitrogens with two attached hydrogens (primary N) is 1. The predicted octanol–water partition coefficient (Wildman–Crippen LogP) is 2.26. The summed E-state index contributed by atoms with van der Waals surface area (Å²) in [6.45, 7) is 1.93. The number of benzene rings is 1. The summed E-state index contributed by atoms with van der Waals surface area (Å²) >= 11 is 0. The fraction of sp³-hybridized carbons (Fsp3) is 0.500. The second-order valence-electron chi connectivity index (χ2n) is 4.21. The lowest BCUT2D eigenvalue weighted by Gasteiger charge is -2.09. The van der Waals surface area contributed by atoms with Crippen molar-refractivity contribution in [3.8, 4) is 0 Å². The van der Waals surface area contributed by atoms with E-state index in [1.165, 1.54) is 0 Å². The van der Waals surface area contributed by atoms with Crippen LogP contribution < -0.4 is 5.73 Å². The van der Waals surface area contributed by atoms with E-state index in [1.807, 2.05) is 6.92 Å². The van der Waals surface area contributed by atoms with E-state index >= 15 is 0 Å². The molecule has 1 unspecified atom stereocenters. The van der Waals surface area contributed by atoms with Gasteiger partial charge in [0.1, 0.15) is 0 Å². The van der Waals surface area contributed by atoms with Gasteiger partial charge in [-0.1, -0.05) is 6.92 Å². The third kappa shape index (κ3) is 4.03. The Hall–Kier alpha value is -1.01. The number of halogens is 2. The smallest absolute Gasteiger partial charge is 0.178 e. The number of rotatable bonds is 6. The zero-order chi connectivity index (χ0) is 13.8. The van der Waals surface area contributed by atoms with E-state index in [2.05, 4.69) is 0 Å². The summed E-state index contributed by atoms with van der Waals surface area (Å²) in [7, 11) is -3.57. The van der Waals surface area contributed by atoms with E-state index in [0.717, 1.165) is 18.6 Å². The molecule has 0 aromatic heterocycles. The summed E-state index contributed by atoms with van der Waals surface area (Å²) in [5, 5.41) is 0. The van der Waals surface area contributed by atoms with Crippen molar-refractivity contribution in [2.45, 2.75) is 37.1 Å². The van der Waals surface area contributed by atoms with Crippen molar-refractivity contribution in [3.05, 3.63) is 29.8 Å². The van der Waals surface area contributed by atoms with Gasteiger partial charge >= 0.3 is 0 Å². The van der Waals surface area contributed by atoms with Gasteiger partial charge in [0.25, 0.3) is 0 Å². The zero-order valence-electron chi connectivity index (χ0n) is 10.2. The zero-order valence-corrected chi connectivity index (χ0v) is 11.0. The first-order valence-electron chi connectivity index (χ1n) is 5.80. The fourth-order valence-electron chi connectivity index (χ4n) is 1.53. The summed E-state index contributed by atoms with van der Waals surface area (Å²) in [5.74, 6) is -2.31. The molecule has 0 heterocycles. The van der Waals surface area contributed by atoms with Gasteiger partial charge in [-0.25, -0.2) is 17.2 Å². The third-order valence-electron chi connectivity index (χ3n) is 2.76. The molecule has 1 aromatic rings. The van der Waals surface area contributed by atoms with Crippen LogP contribution in [0.1, 0.15) is 26.2 Å². The first-order valence-corrected chi connectivity index (χ1v) is 7.45. The molecule has 0 amide bonds. The predicted molar refractivity (Wildman–Crippen MR) is 65.9 cm³/mol. The van der Waals surface area contributed by atoms with Crippen molar-refractivity contribution in [2.24, 2.45) is 5.73 Å². The highest BCUT2D eigenvalue weighted by atomic mass is 32.2. The molecule has 18 heavy (non-hydrogen) atoms. The second kappa shape index (κ2) is 6.24. The Bertz CT molecular complexity index is 503. The number of hydrogen-bond acceptors (Lipinski definition) is 3. The van der Waals surface area contributed by atoms with Gasteiger partial charge in [0.2, 0.25) is 0 Å². The van der Waals surface area contributed by atoms with Gasteiger partial charge in [-0.15, -0.1) is 0 Å². The lowest BCUT2D eigenvalue weighted by atomic mass is 10.1. The van der Waals surface area contributed by atoms with Crippen molar-refractivity contribution in [1.29, 1.82) is 0 Å². The molecule has 1 atom stereocenters. The van der Waals surface area contributed by atoms with Gasteiger partial charge in [0, 0.05) is 6.04 Å². The molecule has 1 aromatic carbocycles. The highest BCUT2D eigenvalue weighted by Gasteiger charge is 2.16. The molecule has 0 saturated heterocycles. The third-order valence-corrected chi connectivity index (χ3v) is 4.56. The van der Waals surface area contributed by atoms with Crippen LogP contribution in [0.3, 0.4) is 0 Å². The van der Waals surface area contributed by atoms with Crippen molar-refractivity contribution in [2.75, 3.05) is 5.75 Å². The fourth-order valence-corrected chi connectivity index (χ4v) is 2.87. The minimum Gasteiger partial charge on any atom is -0.328 e. The normalized spacial score (nSPS) is 13.6. The van der Waals surface area contributed by atoms with Crippen LogP contribution in [0.4, 0.5) is 8.78 Å². The highest BCUT2D eigenvalue weighted by Crippen LogP contribution is 2.16. The van der Waals surface area contributed by atoms with Crippen LogP contribution in [-0.2, 0) is 9.84 Å². The monoisotopic (exact) mass is 277 g/mol. The maximum Gasteiger partial charge on any atom is 0.178 e.